The molecule has 0 radical (unpaired) electrons. The summed E-state index contributed by atoms with van der Waals surface area (Å²) in [6.07, 6.45) is 0.529. The molecule has 13 heteroatoms. The van der Waals surface area contributed by atoms with Crippen molar-refractivity contribution in [1.82, 2.24) is 0 Å². The standard InChI is InChI=1S/C32H48N3O9P/c1-7-25(18-31(37)43-21-42-30(36)9-8-16-44-45(39,40)41)26-12-15-29(35(19-22(2)3)20-23(4)5)28(17-26)34-32(38)33-27-13-10-24(6)11-14-27/h10-15,17,22-23,25H,7-9,16,18-21H2,1-6H3,(H2,33,34,38)(H2,39,40,41). The maximum absolute atomic E-state index is 13.1. The summed E-state index contributed by atoms with van der Waals surface area (Å²) >= 11 is 0. The van der Waals surface area contributed by atoms with Gasteiger partial charge in [-0.25, -0.2) is 9.36 Å². The van der Waals surface area contributed by atoms with Crippen molar-refractivity contribution in [3.8, 4) is 0 Å². The van der Waals surface area contributed by atoms with Crippen LogP contribution in [0.1, 0.15) is 77.3 Å². The van der Waals surface area contributed by atoms with Crippen molar-refractivity contribution in [2.75, 3.05) is 42.0 Å². The van der Waals surface area contributed by atoms with Crippen LogP contribution in [0.2, 0.25) is 0 Å². The largest absolute Gasteiger partial charge is 0.469 e. The molecular weight excluding hydrogens is 601 g/mol. The number of rotatable bonds is 18. The van der Waals surface area contributed by atoms with E-state index in [1.165, 1.54) is 0 Å². The molecule has 0 aliphatic heterocycles. The molecule has 0 bridgehead atoms. The Bertz CT molecular complexity index is 1290. The molecule has 0 aromatic heterocycles. The number of amides is 2. The Morgan fingerprint density at radius 3 is 2.11 bits per heavy atom. The van der Waals surface area contributed by atoms with Gasteiger partial charge >= 0.3 is 25.8 Å². The third-order valence-electron chi connectivity index (χ3n) is 6.69. The Kier molecular flexibility index (Phi) is 15.5. The monoisotopic (exact) mass is 649 g/mol. The van der Waals surface area contributed by atoms with Gasteiger partial charge in [0.2, 0.25) is 6.79 Å². The molecule has 0 aliphatic carbocycles. The summed E-state index contributed by atoms with van der Waals surface area (Å²) in [5, 5.41) is 5.92. The van der Waals surface area contributed by atoms with Gasteiger partial charge in [0.15, 0.2) is 0 Å². The van der Waals surface area contributed by atoms with Crippen LogP contribution in [0, 0.1) is 18.8 Å². The predicted molar refractivity (Wildman–Crippen MR) is 174 cm³/mol. The highest BCUT2D eigenvalue weighted by Gasteiger charge is 2.21. The zero-order valence-electron chi connectivity index (χ0n) is 27.1. The molecule has 12 nitrogen and oxygen atoms in total. The van der Waals surface area contributed by atoms with Crippen LogP contribution >= 0.6 is 7.82 Å². The van der Waals surface area contributed by atoms with E-state index in [2.05, 4.69) is 47.8 Å². The van der Waals surface area contributed by atoms with Crippen molar-refractivity contribution >= 4 is 42.9 Å². The molecule has 0 aliphatic rings. The minimum Gasteiger partial charge on any atom is -0.428 e. The van der Waals surface area contributed by atoms with Crippen LogP contribution in [0.5, 0.6) is 0 Å². The van der Waals surface area contributed by atoms with Crippen LogP contribution in [0.15, 0.2) is 42.5 Å². The molecular formula is C32H48N3O9P. The second-order valence-electron chi connectivity index (χ2n) is 11.8. The third-order valence-corrected chi connectivity index (χ3v) is 7.21. The SMILES string of the molecule is CCC(CC(=O)OCOC(=O)CCCOP(=O)(O)O)c1ccc(N(CC(C)C)CC(C)C)c(NC(=O)Nc2ccc(C)cc2)c1. The molecule has 4 N–H and O–H groups in total. The Morgan fingerprint density at radius 1 is 0.911 bits per heavy atom. The van der Waals surface area contributed by atoms with E-state index in [1.54, 1.807) is 0 Å². The maximum atomic E-state index is 13.1. The fourth-order valence-corrected chi connectivity index (χ4v) is 5.02. The van der Waals surface area contributed by atoms with E-state index in [-0.39, 0.29) is 37.8 Å². The van der Waals surface area contributed by atoms with Crippen LogP contribution in [-0.2, 0) is 28.2 Å². The number of anilines is 3. The normalized spacial score (nSPS) is 12.1. The molecule has 250 valence electrons. The first-order valence-corrected chi connectivity index (χ1v) is 16.7. The van der Waals surface area contributed by atoms with Gasteiger partial charge in [0.1, 0.15) is 0 Å². The summed E-state index contributed by atoms with van der Waals surface area (Å²) in [6, 6.07) is 13.0. The Morgan fingerprint density at radius 2 is 1.53 bits per heavy atom. The number of nitrogens with one attached hydrogen (secondary N) is 2. The van der Waals surface area contributed by atoms with E-state index in [4.69, 9.17) is 19.3 Å². The van der Waals surface area contributed by atoms with Crippen LogP contribution in [0.25, 0.3) is 0 Å². The highest BCUT2D eigenvalue weighted by Crippen LogP contribution is 2.36. The minimum atomic E-state index is -4.60. The summed E-state index contributed by atoms with van der Waals surface area (Å²) in [7, 11) is -4.60. The summed E-state index contributed by atoms with van der Waals surface area (Å²) in [5.41, 5.74) is 4.11. The molecule has 2 amide bonds. The molecule has 0 spiro atoms. The first kappa shape index (κ1) is 37.7. The number of urea groups is 1. The minimum absolute atomic E-state index is 0.0280. The summed E-state index contributed by atoms with van der Waals surface area (Å²) in [4.78, 5) is 57.2. The van der Waals surface area contributed by atoms with E-state index in [0.717, 1.165) is 29.9 Å². The van der Waals surface area contributed by atoms with Gasteiger partial charge in [-0.3, -0.25) is 14.1 Å². The van der Waals surface area contributed by atoms with Gasteiger partial charge in [0.25, 0.3) is 0 Å². The number of nitrogens with zero attached hydrogens (tertiary/aromatic N) is 1. The van der Waals surface area contributed by atoms with Gasteiger partial charge in [0.05, 0.1) is 24.4 Å². The third kappa shape index (κ3) is 14.9. The van der Waals surface area contributed by atoms with Gasteiger partial charge < -0.3 is 34.8 Å². The van der Waals surface area contributed by atoms with Crippen LogP contribution in [0.3, 0.4) is 0 Å². The molecule has 2 aromatic carbocycles. The lowest BCUT2D eigenvalue weighted by molar-refractivity contribution is -0.167. The van der Waals surface area contributed by atoms with E-state index < -0.39 is 26.6 Å². The van der Waals surface area contributed by atoms with Crippen molar-refractivity contribution < 1.29 is 42.7 Å². The maximum Gasteiger partial charge on any atom is 0.469 e. The molecule has 0 heterocycles. The summed E-state index contributed by atoms with van der Waals surface area (Å²) in [5.74, 6) is -0.699. The predicted octanol–water partition coefficient (Wildman–Crippen LogP) is 6.57. The number of phosphoric ester groups is 1. The van der Waals surface area contributed by atoms with Gasteiger partial charge in [-0.2, -0.15) is 0 Å². The lowest BCUT2D eigenvalue weighted by Gasteiger charge is -2.31. The van der Waals surface area contributed by atoms with Crippen LogP contribution < -0.4 is 15.5 Å². The highest BCUT2D eigenvalue weighted by atomic mass is 31.2. The Labute approximate surface area is 266 Å². The molecule has 2 rings (SSSR count). The second-order valence-corrected chi connectivity index (χ2v) is 13.0. The quantitative estimate of drug-likeness (QED) is 0.0601. The van der Waals surface area contributed by atoms with Gasteiger partial charge in [-0.05, 0) is 67.3 Å². The molecule has 0 saturated carbocycles. The van der Waals surface area contributed by atoms with Crippen molar-refractivity contribution in [3.63, 3.8) is 0 Å². The molecule has 1 unspecified atom stereocenters. The average molecular weight is 650 g/mol. The first-order valence-electron chi connectivity index (χ1n) is 15.2. The summed E-state index contributed by atoms with van der Waals surface area (Å²) in [6.45, 7) is 13.2. The number of hydrogen-bond acceptors (Lipinski definition) is 8. The topological polar surface area (TPSA) is 164 Å². The highest BCUT2D eigenvalue weighted by molar-refractivity contribution is 7.46. The zero-order valence-corrected chi connectivity index (χ0v) is 28.0. The Hall–Kier alpha value is -3.44. The van der Waals surface area contributed by atoms with Crippen molar-refractivity contribution in [3.05, 3.63) is 53.6 Å². The summed E-state index contributed by atoms with van der Waals surface area (Å²) < 4.78 is 25.0. The second kappa shape index (κ2) is 18.5. The lowest BCUT2D eigenvalue weighted by atomic mass is 9.92. The lowest BCUT2D eigenvalue weighted by Crippen LogP contribution is -2.32. The number of phosphoric acid groups is 1. The van der Waals surface area contributed by atoms with E-state index in [0.29, 0.717) is 29.6 Å². The van der Waals surface area contributed by atoms with Gasteiger partial charge in [-0.15, -0.1) is 0 Å². The first-order chi connectivity index (χ1) is 21.2. The fraction of sp³-hybridized carbons (Fsp3) is 0.531. The van der Waals surface area contributed by atoms with Crippen molar-refractivity contribution in [1.29, 1.82) is 0 Å². The zero-order chi connectivity index (χ0) is 33.6. The fourth-order valence-electron chi connectivity index (χ4n) is 4.65. The number of ether oxygens (including phenoxy) is 2. The van der Waals surface area contributed by atoms with Crippen molar-refractivity contribution in [2.45, 2.75) is 73.1 Å². The molecule has 0 fully saturated rings. The number of carbonyl (C=O) groups is 3. The molecule has 0 saturated heterocycles. The molecule has 1 atom stereocenters. The van der Waals surface area contributed by atoms with Gasteiger partial charge in [0, 0.05) is 25.2 Å². The number of carbonyl (C=O) groups excluding carboxylic acids is 3. The van der Waals surface area contributed by atoms with E-state index in [1.807, 2.05) is 56.3 Å². The Balaban J connectivity index is 2.14. The smallest absolute Gasteiger partial charge is 0.428 e. The number of hydrogen-bond donors (Lipinski definition) is 4. The van der Waals surface area contributed by atoms with Crippen LogP contribution in [0.4, 0.5) is 21.9 Å². The number of esters is 2. The molecule has 45 heavy (non-hydrogen) atoms. The van der Waals surface area contributed by atoms with Crippen molar-refractivity contribution in [2.24, 2.45) is 11.8 Å². The number of aryl methyl sites for hydroxylation is 1. The number of benzene rings is 2. The van der Waals surface area contributed by atoms with Crippen LogP contribution in [-0.4, -0.2) is 54.2 Å². The van der Waals surface area contributed by atoms with E-state index >= 15 is 0 Å². The van der Waals surface area contributed by atoms with Gasteiger partial charge in [-0.1, -0.05) is 58.4 Å². The molecule has 2 aromatic rings. The van der Waals surface area contributed by atoms with E-state index in [9.17, 15) is 18.9 Å². The average Bonchev–Trinajstić information content (AvgIpc) is 2.94.